The van der Waals surface area contributed by atoms with Crippen LogP contribution in [-0.4, -0.2) is 61.3 Å². The Kier molecular flexibility index (Phi) is 6.79. The van der Waals surface area contributed by atoms with Gasteiger partial charge in [0.2, 0.25) is 0 Å². The van der Waals surface area contributed by atoms with Crippen molar-refractivity contribution in [2.45, 2.75) is 25.5 Å². The zero-order chi connectivity index (χ0) is 19.1. The van der Waals surface area contributed by atoms with E-state index in [4.69, 9.17) is 9.47 Å². The van der Waals surface area contributed by atoms with Crippen LogP contribution in [0.1, 0.15) is 22.5 Å². The lowest BCUT2D eigenvalue weighted by Crippen LogP contribution is -2.55. The fourth-order valence-corrected chi connectivity index (χ4v) is 3.26. The molecule has 1 amide bonds. The van der Waals surface area contributed by atoms with E-state index in [9.17, 15) is 4.79 Å². The molecule has 0 spiro atoms. The number of rotatable bonds is 7. The molecule has 2 aromatic rings. The lowest BCUT2D eigenvalue weighted by molar-refractivity contribution is 0.00324. The Balaban J connectivity index is 1.46. The highest BCUT2D eigenvalue weighted by atomic mass is 16.5. The summed E-state index contributed by atoms with van der Waals surface area (Å²) >= 11 is 0. The van der Waals surface area contributed by atoms with Crippen LogP contribution in [0.5, 0.6) is 5.75 Å². The van der Waals surface area contributed by atoms with Crippen LogP contribution in [0.25, 0.3) is 0 Å². The smallest absolute Gasteiger partial charge is 0.251 e. The molecule has 1 saturated heterocycles. The summed E-state index contributed by atoms with van der Waals surface area (Å²) in [5, 5.41) is 3.11. The zero-order valence-electron chi connectivity index (χ0n) is 15.9. The van der Waals surface area contributed by atoms with Gasteiger partial charge in [-0.3, -0.25) is 14.7 Å². The molecule has 3 rings (SSSR count). The molecule has 144 valence electrons. The predicted octanol–water partition coefficient (Wildman–Crippen LogP) is 2.29. The number of ether oxygens (including phenoxy) is 2. The molecule has 0 aliphatic carbocycles. The van der Waals surface area contributed by atoms with Crippen LogP contribution in [0.2, 0.25) is 0 Å². The summed E-state index contributed by atoms with van der Waals surface area (Å²) in [6.07, 6.45) is 2.56. The summed E-state index contributed by atoms with van der Waals surface area (Å²) in [6.45, 7) is 5.03. The van der Waals surface area contributed by atoms with Gasteiger partial charge >= 0.3 is 0 Å². The number of piperidine rings is 1. The molecule has 0 radical (unpaired) electrons. The summed E-state index contributed by atoms with van der Waals surface area (Å²) in [5.41, 5.74) is 1.65. The van der Waals surface area contributed by atoms with Crippen LogP contribution in [0.4, 0.5) is 0 Å². The second-order valence-electron chi connectivity index (χ2n) is 6.79. The maximum Gasteiger partial charge on any atom is 0.251 e. The van der Waals surface area contributed by atoms with Gasteiger partial charge in [-0.2, -0.15) is 0 Å². The standard InChI is InChI=1S/C21H27N3O3/c1-16-8-9-18(14-22-16)27-13-12-24-11-10-19(20(15-24)26-2)23-21(25)17-6-4-3-5-7-17/h3-9,14,19-20H,10-13,15H2,1-2H3,(H,23,25). The molecule has 1 N–H and O–H groups in total. The lowest BCUT2D eigenvalue weighted by atomic mass is 10.0. The number of hydrogen-bond acceptors (Lipinski definition) is 5. The fourth-order valence-electron chi connectivity index (χ4n) is 3.26. The highest BCUT2D eigenvalue weighted by Crippen LogP contribution is 2.15. The first kappa shape index (κ1) is 19.3. The highest BCUT2D eigenvalue weighted by Gasteiger charge is 2.30. The molecule has 0 saturated carbocycles. The van der Waals surface area contributed by atoms with Crippen molar-refractivity contribution >= 4 is 5.91 Å². The lowest BCUT2D eigenvalue weighted by Gasteiger charge is -2.38. The van der Waals surface area contributed by atoms with E-state index >= 15 is 0 Å². The molecule has 1 aromatic carbocycles. The summed E-state index contributed by atoms with van der Waals surface area (Å²) in [4.78, 5) is 18.9. The van der Waals surface area contributed by atoms with Gasteiger partial charge in [-0.05, 0) is 37.6 Å². The second-order valence-corrected chi connectivity index (χ2v) is 6.79. The number of likely N-dealkylation sites (tertiary alicyclic amines) is 1. The van der Waals surface area contributed by atoms with Gasteiger partial charge in [-0.25, -0.2) is 0 Å². The minimum Gasteiger partial charge on any atom is -0.491 e. The Hall–Kier alpha value is -2.44. The van der Waals surface area contributed by atoms with Gasteiger partial charge in [0, 0.05) is 38.0 Å². The molecular formula is C21H27N3O3. The van der Waals surface area contributed by atoms with Gasteiger partial charge in [-0.15, -0.1) is 0 Å². The Morgan fingerprint density at radius 3 is 2.78 bits per heavy atom. The van der Waals surface area contributed by atoms with Gasteiger partial charge in [-0.1, -0.05) is 18.2 Å². The average Bonchev–Trinajstić information content (AvgIpc) is 2.71. The predicted molar refractivity (Wildman–Crippen MR) is 104 cm³/mol. The van der Waals surface area contributed by atoms with Crippen LogP contribution in [0, 0.1) is 6.92 Å². The number of hydrogen-bond donors (Lipinski definition) is 1. The van der Waals surface area contributed by atoms with Gasteiger partial charge in [0.1, 0.15) is 12.4 Å². The van der Waals surface area contributed by atoms with E-state index in [-0.39, 0.29) is 18.1 Å². The summed E-state index contributed by atoms with van der Waals surface area (Å²) < 4.78 is 11.4. The van der Waals surface area contributed by atoms with Crippen LogP contribution >= 0.6 is 0 Å². The number of nitrogens with one attached hydrogen (secondary N) is 1. The molecule has 6 heteroatoms. The van der Waals surface area contributed by atoms with E-state index in [1.807, 2.05) is 49.4 Å². The van der Waals surface area contributed by atoms with E-state index in [2.05, 4.69) is 15.2 Å². The maximum absolute atomic E-state index is 12.4. The summed E-state index contributed by atoms with van der Waals surface area (Å²) in [7, 11) is 1.70. The first-order valence-electron chi connectivity index (χ1n) is 9.32. The average molecular weight is 369 g/mol. The number of methoxy groups -OCH3 is 1. The van der Waals surface area contributed by atoms with Crippen molar-refractivity contribution in [3.63, 3.8) is 0 Å². The largest absolute Gasteiger partial charge is 0.491 e. The molecule has 1 fully saturated rings. The molecule has 2 unspecified atom stereocenters. The molecule has 1 aromatic heterocycles. The maximum atomic E-state index is 12.4. The first-order chi connectivity index (χ1) is 13.2. The number of pyridine rings is 1. The molecule has 2 atom stereocenters. The third-order valence-electron chi connectivity index (χ3n) is 4.86. The number of carbonyl (C=O) groups is 1. The first-order valence-corrected chi connectivity index (χ1v) is 9.32. The summed E-state index contributed by atoms with van der Waals surface area (Å²) in [6, 6.07) is 13.2. The molecule has 6 nitrogen and oxygen atoms in total. The van der Waals surface area contributed by atoms with Gasteiger partial charge in [0.15, 0.2) is 0 Å². The SMILES string of the molecule is COC1CN(CCOc2ccc(C)nc2)CCC1NC(=O)c1ccccc1. The van der Waals surface area contributed by atoms with E-state index < -0.39 is 0 Å². The normalized spacial score (nSPS) is 20.2. The van der Waals surface area contributed by atoms with Crippen LogP contribution in [0.15, 0.2) is 48.7 Å². The Labute approximate surface area is 160 Å². The van der Waals surface area contributed by atoms with Crippen LogP contribution < -0.4 is 10.1 Å². The van der Waals surface area contributed by atoms with Gasteiger partial charge in [0.05, 0.1) is 18.3 Å². The number of aromatic nitrogens is 1. The Bertz CT molecular complexity index is 721. The Morgan fingerprint density at radius 2 is 2.07 bits per heavy atom. The van der Waals surface area contributed by atoms with Gasteiger partial charge < -0.3 is 14.8 Å². The monoisotopic (exact) mass is 369 g/mol. The van der Waals surface area contributed by atoms with Crippen molar-refractivity contribution in [1.29, 1.82) is 0 Å². The van der Waals surface area contributed by atoms with Crippen molar-refractivity contribution in [1.82, 2.24) is 15.2 Å². The third-order valence-corrected chi connectivity index (χ3v) is 4.86. The molecule has 2 heterocycles. The molecule has 1 aliphatic rings. The zero-order valence-corrected chi connectivity index (χ0v) is 15.9. The molecule has 1 aliphatic heterocycles. The Morgan fingerprint density at radius 1 is 1.26 bits per heavy atom. The van der Waals surface area contributed by atoms with Crippen LogP contribution in [0.3, 0.4) is 0 Å². The number of benzene rings is 1. The number of nitrogens with zero attached hydrogens (tertiary/aromatic N) is 2. The quantitative estimate of drug-likeness (QED) is 0.811. The highest BCUT2D eigenvalue weighted by molar-refractivity contribution is 5.94. The van der Waals surface area contributed by atoms with E-state index in [1.165, 1.54) is 0 Å². The van der Waals surface area contributed by atoms with E-state index in [1.54, 1.807) is 13.3 Å². The van der Waals surface area contributed by atoms with Crippen LogP contribution in [-0.2, 0) is 4.74 Å². The second kappa shape index (κ2) is 9.48. The van der Waals surface area contributed by atoms with E-state index in [0.29, 0.717) is 12.2 Å². The number of amides is 1. The van der Waals surface area contributed by atoms with Crippen molar-refractivity contribution in [2.24, 2.45) is 0 Å². The minimum atomic E-state index is -0.0497. The van der Waals surface area contributed by atoms with Crippen molar-refractivity contribution in [3.05, 3.63) is 59.9 Å². The minimum absolute atomic E-state index is 0.0150. The van der Waals surface area contributed by atoms with Crippen molar-refractivity contribution in [3.8, 4) is 5.75 Å². The van der Waals surface area contributed by atoms with Crippen molar-refractivity contribution in [2.75, 3.05) is 33.4 Å². The van der Waals surface area contributed by atoms with Gasteiger partial charge in [0.25, 0.3) is 5.91 Å². The topological polar surface area (TPSA) is 63.7 Å². The fraction of sp³-hybridized carbons (Fsp3) is 0.429. The summed E-state index contributed by atoms with van der Waals surface area (Å²) in [5.74, 6) is 0.736. The molecule has 27 heavy (non-hydrogen) atoms. The molecular weight excluding hydrogens is 342 g/mol. The third kappa shape index (κ3) is 5.52. The number of carbonyl (C=O) groups excluding carboxylic acids is 1. The van der Waals surface area contributed by atoms with Crippen molar-refractivity contribution < 1.29 is 14.3 Å². The number of aryl methyl sites for hydroxylation is 1. The van der Waals surface area contributed by atoms with E-state index in [0.717, 1.165) is 37.5 Å². The molecule has 0 bridgehead atoms.